The molecule has 4 aliphatic heterocycles. The van der Waals surface area contributed by atoms with Crippen molar-refractivity contribution >= 4 is 23.4 Å². The van der Waals surface area contributed by atoms with E-state index in [-0.39, 0.29) is 29.8 Å². The monoisotopic (exact) mass is 667 g/mol. The summed E-state index contributed by atoms with van der Waals surface area (Å²) in [5.41, 5.74) is 3.89. The Morgan fingerprint density at radius 2 is 1.65 bits per heavy atom. The van der Waals surface area contributed by atoms with Crippen molar-refractivity contribution in [2.45, 2.75) is 70.0 Å². The Balaban J connectivity index is 0.836. The summed E-state index contributed by atoms with van der Waals surface area (Å²) in [4.78, 5) is 28.6. The van der Waals surface area contributed by atoms with Crippen molar-refractivity contribution in [2.24, 2.45) is 16.8 Å². The SMILES string of the molecule is O=C1C=CC2C(C(O)CNCCCCCCCCC[N+]34CCC(CC3)[C@@H](OC(=O)Nc3ccccc3-c3ccccc3)C4)=CC=C(O)C2=N1. The second-order valence-electron chi connectivity index (χ2n) is 14.1. The molecule has 2 unspecified atom stereocenters. The van der Waals surface area contributed by atoms with Crippen LogP contribution in [0.25, 0.3) is 11.1 Å². The van der Waals surface area contributed by atoms with Crippen molar-refractivity contribution in [1.82, 2.24) is 5.32 Å². The number of hydrogen-bond donors (Lipinski definition) is 4. The minimum absolute atomic E-state index is 0.0200. The molecule has 4 heterocycles. The van der Waals surface area contributed by atoms with Gasteiger partial charge in [-0.25, -0.2) is 9.79 Å². The lowest BCUT2D eigenvalue weighted by Crippen LogP contribution is -2.64. The number of anilines is 1. The van der Waals surface area contributed by atoms with Gasteiger partial charge in [0.1, 0.15) is 12.3 Å². The van der Waals surface area contributed by atoms with Crippen LogP contribution in [-0.4, -0.2) is 83.9 Å². The van der Waals surface area contributed by atoms with Crippen molar-refractivity contribution in [1.29, 1.82) is 0 Å². The number of nitrogens with zero attached hydrogens (tertiary/aromatic N) is 2. The van der Waals surface area contributed by atoms with Crippen molar-refractivity contribution in [3.63, 3.8) is 0 Å². The van der Waals surface area contributed by atoms with E-state index in [1.165, 1.54) is 63.9 Å². The van der Waals surface area contributed by atoms with Gasteiger partial charge < -0.3 is 24.7 Å². The summed E-state index contributed by atoms with van der Waals surface area (Å²) in [7, 11) is 0. The fourth-order valence-electron chi connectivity index (χ4n) is 8.01. The molecule has 0 spiro atoms. The molecule has 7 rings (SSSR count). The average molecular weight is 668 g/mol. The third-order valence-electron chi connectivity index (χ3n) is 10.8. The van der Waals surface area contributed by atoms with E-state index in [9.17, 15) is 19.8 Å². The zero-order chi connectivity index (χ0) is 34.1. The van der Waals surface area contributed by atoms with Gasteiger partial charge in [-0.05, 0) is 49.1 Å². The molecule has 9 heteroatoms. The van der Waals surface area contributed by atoms with Gasteiger partial charge in [-0.1, -0.05) is 86.4 Å². The predicted molar refractivity (Wildman–Crippen MR) is 193 cm³/mol. The van der Waals surface area contributed by atoms with Crippen LogP contribution in [0.2, 0.25) is 0 Å². The molecule has 0 aromatic heterocycles. The Labute approximate surface area is 290 Å². The number of rotatable bonds is 16. The largest absolute Gasteiger partial charge is 0.506 e. The van der Waals surface area contributed by atoms with Gasteiger partial charge in [0.15, 0.2) is 6.10 Å². The molecule has 0 radical (unpaired) electrons. The third kappa shape index (κ3) is 8.95. The van der Waals surface area contributed by atoms with Crippen molar-refractivity contribution in [2.75, 3.05) is 44.6 Å². The maximum atomic E-state index is 13.1. The first-order valence-corrected chi connectivity index (χ1v) is 18.2. The van der Waals surface area contributed by atoms with Crippen LogP contribution in [0.3, 0.4) is 0 Å². The summed E-state index contributed by atoms with van der Waals surface area (Å²) in [6.45, 7) is 5.77. The molecular formula is C40H51N4O5+. The third-order valence-corrected chi connectivity index (χ3v) is 10.8. The molecule has 3 atom stereocenters. The lowest BCUT2D eigenvalue weighted by molar-refractivity contribution is -0.946. The summed E-state index contributed by atoms with van der Waals surface area (Å²) in [5.74, 6) is -0.305. The molecule has 2 amide bonds. The molecule has 260 valence electrons. The van der Waals surface area contributed by atoms with E-state index < -0.39 is 6.10 Å². The van der Waals surface area contributed by atoms with E-state index in [4.69, 9.17) is 4.74 Å². The Morgan fingerprint density at radius 1 is 0.939 bits per heavy atom. The number of fused-ring (bicyclic) bond motifs is 4. The number of amides is 2. The fourth-order valence-corrected chi connectivity index (χ4v) is 8.01. The van der Waals surface area contributed by atoms with Crippen LogP contribution in [0.5, 0.6) is 0 Å². The minimum atomic E-state index is -0.712. The zero-order valence-corrected chi connectivity index (χ0v) is 28.4. The van der Waals surface area contributed by atoms with E-state index in [0.717, 1.165) is 65.6 Å². The molecule has 49 heavy (non-hydrogen) atoms. The number of para-hydroxylation sites is 1. The molecule has 1 aliphatic carbocycles. The highest BCUT2D eigenvalue weighted by atomic mass is 16.6. The lowest BCUT2D eigenvalue weighted by atomic mass is 9.83. The topological polar surface area (TPSA) is 120 Å². The highest BCUT2D eigenvalue weighted by Crippen LogP contribution is 2.37. The number of nitrogens with one attached hydrogen (secondary N) is 2. The van der Waals surface area contributed by atoms with Gasteiger partial charge in [-0.3, -0.25) is 10.1 Å². The van der Waals surface area contributed by atoms with Crippen LogP contribution < -0.4 is 10.6 Å². The summed E-state index contributed by atoms with van der Waals surface area (Å²) >= 11 is 0. The van der Waals surface area contributed by atoms with Crippen molar-refractivity contribution in [3.05, 3.63) is 90.2 Å². The summed E-state index contributed by atoms with van der Waals surface area (Å²) in [5, 5.41) is 27.2. The van der Waals surface area contributed by atoms with E-state index in [1.54, 1.807) is 12.2 Å². The number of piperidine rings is 3. The molecule has 5 aliphatic rings. The predicted octanol–water partition coefficient (Wildman–Crippen LogP) is 6.73. The standard InChI is InChI=1S/C40H50N4O5/c45-35-19-17-32(33-18-20-38(47)43-39(33)35)36(46)27-41-23-11-4-2-1-3-5-12-24-44-25-21-30(22-26-44)37(28-44)49-40(48)42-34-16-10-9-15-31(34)29-13-7-6-8-14-29/h6-10,13-20,30,33,36-37,41,46H,1-5,11-12,21-28H2,(H-,42,45,48)/p+1/t30?,33?,36?,37-,44?/m0/s1. The number of aliphatic hydroxyl groups excluding tert-OH is 2. The van der Waals surface area contributed by atoms with E-state index in [1.807, 2.05) is 42.5 Å². The Hall–Kier alpha value is -4.05. The number of ether oxygens (including phenoxy) is 1. The first-order valence-electron chi connectivity index (χ1n) is 18.2. The molecule has 0 saturated carbocycles. The van der Waals surface area contributed by atoms with E-state index >= 15 is 0 Å². The lowest BCUT2D eigenvalue weighted by Gasteiger charge is -2.52. The number of carbonyl (C=O) groups is 2. The van der Waals surface area contributed by atoms with Gasteiger partial charge in [-0.15, -0.1) is 0 Å². The van der Waals surface area contributed by atoms with Crippen molar-refractivity contribution in [3.8, 4) is 11.1 Å². The normalized spacial score (nSPS) is 24.8. The number of benzene rings is 2. The van der Waals surface area contributed by atoms with E-state index in [2.05, 4.69) is 27.8 Å². The van der Waals surface area contributed by atoms with E-state index in [0.29, 0.717) is 18.2 Å². The molecule has 2 aromatic rings. The Bertz CT molecular complexity index is 1570. The number of unbranched alkanes of at least 4 members (excludes halogenated alkanes) is 6. The fraction of sp³-hybridized carbons (Fsp3) is 0.475. The maximum Gasteiger partial charge on any atom is 0.412 e. The van der Waals surface area contributed by atoms with Gasteiger partial charge in [-0.2, -0.15) is 0 Å². The number of aliphatic imine (C=N–C) groups is 1. The van der Waals surface area contributed by atoms with Crippen LogP contribution in [0.1, 0.15) is 57.8 Å². The number of aliphatic hydroxyl groups is 2. The maximum absolute atomic E-state index is 13.1. The van der Waals surface area contributed by atoms with Gasteiger partial charge in [0, 0.05) is 42.9 Å². The summed E-state index contributed by atoms with van der Waals surface area (Å²) in [6.07, 6.45) is 15.9. The van der Waals surface area contributed by atoms with Crippen LogP contribution in [0, 0.1) is 11.8 Å². The molecule has 3 fully saturated rings. The Morgan fingerprint density at radius 3 is 2.45 bits per heavy atom. The van der Waals surface area contributed by atoms with Crippen LogP contribution in [0.4, 0.5) is 10.5 Å². The Kier molecular flexibility index (Phi) is 11.8. The molecule has 9 nitrogen and oxygen atoms in total. The van der Waals surface area contributed by atoms with Crippen LogP contribution in [0.15, 0.2) is 95.2 Å². The highest BCUT2D eigenvalue weighted by molar-refractivity contribution is 6.13. The smallest absolute Gasteiger partial charge is 0.412 e. The van der Waals surface area contributed by atoms with Gasteiger partial charge in [0.05, 0.1) is 37.1 Å². The number of carbonyl (C=O) groups excluding carboxylic acids is 2. The number of allylic oxidation sites excluding steroid dienone is 4. The summed E-state index contributed by atoms with van der Waals surface area (Å²) in [6, 6.07) is 18.0. The molecule has 2 bridgehead atoms. The first kappa shape index (κ1) is 34.8. The average Bonchev–Trinajstić information content (AvgIpc) is 3.12. The molecule has 2 aromatic carbocycles. The number of dihydropyridines is 1. The quantitative estimate of drug-likeness (QED) is 0.116. The minimum Gasteiger partial charge on any atom is -0.506 e. The van der Waals surface area contributed by atoms with Gasteiger partial charge in [0.25, 0.3) is 5.91 Å². The number of quaternary nitrogens is 1. The molecule has 3 saturated heterocycles. The second kappa shape index (κ2) is 16.6. The highest BCUT2D eigenvalue weighted by Gasteiger charge is 2.47. The van der Waals surface area contributed by atoms with Crippen molar-refractivity contribution < 1.29 is 29.0 Å². The van der Waals surface area contributed by atoms with Gasteiger partial charge in [0.2, 0.25) is 0 Å². The first-order chi connectivity index (χ1) is 23.9. The second-order valence-corrected chi connectivity index (χ2v) is 14.1. The van der Waals surface area contributed by atoms with Crippen LogP contribution in [-0.2, 0) is 9.53 Å². The zero-order valence-electron chi connectivity index (χ0n) is 28.4. The molecule has 4 N–H and O–H groups in total. The van der Waals surface area contributed by atoms with Crippen LogP contribution >= 0.6 is 0 Å². The molecular weight excluding hydrogens is 616 g/mol. The summed E-state index contributed by atoms with van der Waals surface area (Å²) < 4.78 is 7.19. The van der Waals surface area contributed by atoms with Gasteiger partial charge >= 0.3 is 6.09 Å². The number of hydrogen-bond acceptors (Lipinski definition) is 6.